The van der Waals surface area contributed by atoms with Crippen molar-refractivity contribution in [3.8, 4) is 11.5 Å². The van der Waals surface area contributed by atoms with Gasteiger partial charge in [-0.2, -0.15) is 0 Å². The Labute approximate surface area is 165 Å². The van der Waals surface area contributed by atoms with E-state index in [9.17, 15) is 0 Å². The first kappa shape index (κ1) is 17.0. The maximum atomic E-state index is 5.90. The molecule has 0 saturated carbocycles. The molecule has 5 rings (SSSR count). The number of nitrogens with zero attached hydrogens (tertiary/aromatic N) is 1. The van der Waals surface area contributed by atoms with Crippen LogP contribution in [-0.4, -0.2) is 17.7 Å². The van der Waals surface area contributed by atoms with E-state index >= 15 is 0 Å². The Morgan fingerprint density at radius 1 is 0.786 bits per heavy atom. The van der Waals surface area contributed by atoms with Crippen LogP contribution in [0.15, 0.2) is 91.0 Å². The van der Waals surface area contributed by atoms with Crippen molar-refractivity contribution in [3.63, 3.8) is 0 Å². The van der Waals surface area contributed by atoms with E-state index < -0.39 is 0 Å². The van der Waals surface area contributed by atoms with Gasteiger partial charge in [0.1, 0.15) is 11.5 Å². The zero-order chi connectivity index (χ0) is 18.8. The summed E-state index contributed by atoms with van der Waals surface area (Å²) in [5.74, 6) is 1.72. The number of fused-ring (bicyclic) bond motifs is 1. The summed E-state index contributed by atoms with van der Waals surface area (Å²) in [6.07, 6.45) is 3.53. The summed E-state index contributed by atoms with van der Waals surface area (Å²) < 4.78 is 5.90. The van der Waals surface area contributed by atoms with Crippen molar-refractivity contribution in [2.45, 2.75) is 18.6 Å². The lowest BCUT2D eigenvalue weighted by Gasteiger charge is -2.36. The van der Waals surface area contributed by atoms with E-state index in [1.807, 2.05) is 36.4 Å². The van der Waals surface area contributed by atoms with Crippen molar-refractivity contribution in [1.82, 2.24) is 15.8 Å². The van der Waals surface area contributed by atoms with Gasteiger partial charge in [0, 0.05) is 12.6 Å². The number of benzene rings is 3. The molecule has 28 heavy (non-hydrogen) atoms. The summed E-state index contributed by atoms with van der Waals surface area (Å²) in [6.45, 7) is 0.997. The zero-order valence-corrected chi connectivity index (χ0v) is 15.6. The summed E-state index contributed by atoms with van der Waals surface area (Å²) in [4.78, 5) is 0. The van der Waals surface area contributed by atoms with Gasteiger partial charge >= 0.3 is 0 Å². The third-order valence-corrected chi connectivity index (χ3v) is 5.30. The molecule has 2 unspecified atom stereocenters. The first-order chi connectivity index (χ1) is 13.8. The van der Waals surface area contributed by atoms with Gasteiger partial charge in [0.25, 0.3) is 0 Å². The SMILES string of the molecule is C1=C(c2ccccc2)NN2CCC(c3ccc(Oc4ccccc4)cc3)NC12. The molecule has 140 valence electrons. The molecule has 0 radical (unpaired) electrons. The molecule has 4 nitrogen and oxygen atoms in total. The average molecular weight is 369 g/mol. The summed E-state index contributed by atoms with van der Waals surface area (Å²) in [5, 5.41) is 6.02. The van der Waals surface area contributed by atoms with Crippen LogP contribution in [0.5, 0.6) is 11.5 Å². The first-order valence-electron chi connectivity index (χ1n) is 9.75. The second kappa shape index (κ2) is 7.50. The molecule has 2 aliphatic rings. The van der Waals surface area contributed by atoms with E-state index in [1.54, 1.807) is 0 Å². The minimum absolute atomic E-state index is 0.203. The molecule has 2 atom stereocenters. The number of para-hydroxylation sites is 1. The van der Waals surface area contributed by atoms with Crippen LogP contribution in [0, 0.1) is 0 Å². The number of hydrogen-bond donors (Lipinski definition) is 2. The molecule has 2 heterocycles. The number of ether oxygens (including phenoxy) is 1. The van der Waals surface area contributed by atoms with E-state index in [2.05, 4.69) is 70.4 Å². The summed E-state index contributed by atoms with van der Waals surface area (Å²) in [5.41, 5.74) is 7.21. The van der Waals surface area contributed by atoms with Crippen LogP contribution in [0.2, 0.25) is 0 Å². The predicted octanol–water partition coefficient (Wildman–Crippen LogP) is 4.70. The lowest BCUT2D eigenvalue weighted by Crippen LogP contribution is -2.52. The van der Waals surface area contributed by atoms with Gasteiger partial charge < -0.3 is 10.2 Å². The average Bonchev–Trinajstić information content (AvgIpc) is 3.19. The van der Waals surface area contributed by atoms with Gasteiger partial charge in [0.2, 0.25) is 0 Å². The van der Waals surface area contributed by atoms with E-state index in [0.717, 1.165) is 24.5 Å². The second-order valence-corrected chi connectivity index (χ2v) is 7.19. The summed E-state index contributed by atoms with van der Waals surface area (Å²) in [6, 6.07) is 29.1. The second-order valence-electron chi connectivity index (χ2n) is 7.19. The fourth-order valence-electron chi connectivity index (χ4n) is 3.83. The molecule has 0 bridgehead atoms. The van der Waals surface area contributed by atoms with Crippen LogP contribution >= 0.6 is 0 Å². The molecule has 2 aliphatic heterocycles. The molecule has 3 aromatic rings. The zero-order valence-electron chi connectivity index (χ0n) is 15.6. The van der Waals surface area contributed by atoms with Crippen LogP contribution in [0.4, 0.5) is 0 Å². The molecular formula is C24H23N3O. The third kappa shape index (κ3) is 3.52. The highest BCUT2D eigenvalue weighted by Gasteiger charge is 2.32. The Kier molecular flexibility index (Phi) is 4.57. The number of nitrogens with one attached hydrogen (secondary N) is 2. The molecule has 0 amide bonds. The lowest BCUT2D eigenvalue weighted by atomic mass is 10.0. The van der Waals surface area contributed by atoms with Crippen LogP contribution in [-0.2, 0) is 0 Å². The minimum Gasteiger partial charge on any atom is -0.457 e. The van der Waals surface area contributed by atoms with Gasteiger partial charge in [-0.15, -0.1) is 0 Å². The van der Waals surface area contributed by atoms with Crippen molar-refractivity contribution in [1.29, 1.82) is 0 Å². The highest BCUT2D eigenvalue weighted by atomic mass is 16.5. The van der Waals surface area contributed by atoms with Gasteiger partial charge in [0.05, 0.1) is 11.9 Å². The van der Waals surface area contributed by atoms with Crippen molar-refractivity contribution >= 4 is 5.70 Å². The molecular weight excluding hydrogens is 346 g/mol. The number of hydrazine groups is 1. The number of hydrogen-bond acceptors (Lipinski definition) is 4. The fraction of sp³-hybridized carbons (Fsp3) is 0.167. The van der Waals surface area contributed by atoms with Gasteiger partial charge in [0.15, 0.2) is 0 Å². The van der Waals surface area contributed by atoms with E-state index in [-0.39, 0.29) is 6.17 Å². The standard InChI is InChI=1S/C24H23N3O/c1-3-7-18(8-4-1)23-17-24-25-22(15-16-27(24)26-23)19-11-13-21(14-12-19)28-20-9-5-2-6-10-20/h1-14,17,22,24-26H,15-16H2. The monoisotopic (exact) mass is 369 g/mol. The molecule has 0 aliphatic carbocycles. The van der Waals surface area contributed by atoms with Crippen LogP contribution in [0.1, 0.15) is 23.6 Å². The van der Waals surface area contributed by atoms with E-state index in [0.29, 0.717) is 6.04 Å². The van der Waals surface area contributed by atoms with Crippen LogP contribution < -0.4 is 15.5 Å². The molecule has 1 saturated heterocycles. The predicted molar refractivity (Wildman–Crippen MR) is 112 cm³/mol. The van der Waals surface area contributed by atoms with Crippen LogP contribution in [0.25, 0.3) is 5.70 Å². The Balaban J connectivity index is 1.27. The molecule has 1 fully saturated rings. The molecule has 3 aromatic carbocycles. The maximum absolute atomic E-state index is 5.90. The van der Waals surface area contributed by atoms with Gasteiger partial charge in [-0.3, -0.25) is 5.32 Å². The Hall–Kier alpha value is -3.08. The molecule has 0 spiro atoms. The topological polar surface area (TPSA) is 36.5 Å². The van der Waals surface area contributed by atoms with Crippen molar-refractivity contribution in [2.75, 3.05) is 6.54 Å². The molecule has 2 N–H and O–H groups in total. The number of rotatable bonds is 4. The van der Waals surface area contributed by atoms with Crippen molar-refractivity contribution in [2.24, 2.45) is 0 Å². The Bertz CT molecular complexity index is 954. The van der Waals surface area contributed by atoms with E-state index in [4.69, 9.17) is 4.74 Å². The van der Waals surface area contributed by atoms with Gasteiger partial charge in [-0.1, -0.05) is 60.7 Å². The first-order valence-corrected chi connectivity index (χ1v) is 9.75. The largest absolute Gasteiger partial charge is 0.457 e. The normalized spacial score (nSPS) is 21.5. The molecule has 0 aromatic heterocycles. The Morgan fingerprint density at radius 2 is 1.46 bits per heavy atom. The lowest BCUT2D eigenvalue weighted by molar-refractivity contribution is 0.117. The maximum Gasteiger partial charge on any atom is 0.127 e. The van der Waals surface area contributed by atoms with E-state index in [1.165, 1.54) is 16.8 Å². The third-order valence-electron chi connectivity index (χ3n) is 5.30. The fourth-order valence-corrected chi connectivity index (χ4v) is 3.83. The van der Waals surface area contributed by atoms with Gasteiger partial charge in [-0.25, -0.2) is 5.01 Å². The summed E-state index contributed by atoms with van der Waals surface area (Å²) in [7, 11) is 0. The highest BCUT2D eigenvalue weighted by molar-refractivity contribution is 5.65. The highest BCUT2D eigenvalue weighted by Crippen LogP contribution is 2.30. The minimum atomic E-state index is 0.203. The van der Waals surface area contributed by atoms with Crippen molar-refractivity contribution < 1.29 is 4.74 Å². The van der Waals surface area contributed by atoms with Crippen molar-refractivity contribution in [3.05, 3.63) is 102 Å². The quantitative estimate of drug-likeness (QED) is 0.699. The smallest absolute Gasteiger partial charge is 0.127 e. The summed E-state index contributed by atoms with van der Waals surface area (Å²) >= 11 is 0. The van der Waals surface area contributed by atoms with Gasteiger partial charge in [-0.05, 0) is 47.9 Å². The Morgan fingerprint density at radius 3 is 2.21 bits per heavy atom. The van der Waals surface area contributed by atoms with Crippen LogP contribution in [0.3, 0.4) is 0 Å². The molecule has 4 heteroatoms.